The maximum atomic E-state index is 13.3. The van der Waals surface area contributed by atoms with Crippen LogP contribution in [0.4, 0.5) is 0 Å². The molecule has 2 aromatic carbocycles. The third kappa shape index (κ3) is 7.77. The number of ether oxygens (including phenoxy) is 2. The van der Waals surface area contributed by atoms with E-state index in [1.165, 1.54) is 0 Å². The molecule has 1 atom stereocenters. The smallest absolute Gasteiger partial charge is 0.261 e. The largest absolute Gasteiger partial charge is 0.497 e. The van der Waals surface area contributed by atoms with Crippen LogP contribution in [0.3, 0.4) is 0 Å². The molecule has 1 N–H and O–H groups in total. The summed E-state index contributed by atoms with van der Waals surface area (Å²) in [6.45, 7) is 10.7. The lowest BCUT2D eigenvalue weighted by atomic mass is 10.1. The minimum atomic E-state index is -0.588. The molecule has 2 amide bonds. The Bertz CT molecular complexity index is 921. The van der Waals surface area contributed by atoms with Crippen molar-refractivity contribution in [2.45, 2.75) is 53.6 Å². The summed E-state index contributed by atoms with van der Waals surface area (Å²) in [5, 5.41) is 2.97. The molecule has 6 nitrogen and oxygen atoms in total. The topological polar surface area (TPSA) is 67.9 Å². The Morgan fingerprint density at radius 1 is 1.06 bits per heavy atom. The van der Waals surface area contributed by atoms with Gasteiger partial charge in [-0.25, -0.2) is 0 Å². The van der Waals surface area contributed by atoms with Crippen LogP contribution >= 0.6 is 15.9 Å². The average molecular weight is 519 g/mol. The van der Waals surface area contributed by atoms with Crippen LogP contribution in [-0.2, 0) is 16.1 Å². The van der Waals surface area contributed by atoms with Gasteiger partial charge in [-0.3, -0.25) is 9.59 Å². The highest BCUT2D eigenvalue weighted by atomic mass is 79.9. The van der Waals surface area contributed by atoms with Crippen molar-refractivity contribution in [2.75, 3.05) is 20.3 Å². The molecule has 0 spiro atoms. The van der Waals surface area contributed by atoms with Crippen molar-refractivity contribution in [3.05, 3.63) is 57.6 Å². The molecule has 33 heavy (non-hydrogen) atoms. The Morgan fingerprint density at radius 3 is 2.18 bits per heavy atom. The Kier molecular flexibility index (Phi) is 10.2. The minimum absolute atomic E-state index is 0.148. The van der Waals surface area contributed by atoms with Gasteiger partial charge in [0.1, 0.15) is 17.5 Å². The van der Waals surface area contributed by atoms with E-state index in [0.29, 0.717) is 31.2 Å². The highest BCUT2D eigenvalue weighted by molar-refractivity contribution is 9.10. The predicted molar refractivity (Wildman–Crippen MR) is 135 cm³/mol. The molecular weight excluding hydrogens is 484 g/mol. The van der Waals surface area contributed by atoms with Crippen molar-refractivity contribution >= 4 is 27.7 Å². The van der Waals surface area contributed by atoms with Gasteiger partial charge in [-0.2, -0.15) is 0 Å². The molecule has 2 rings (SSSR count). The fourth-order valence-corrected chi connectivity index (χ4v) is 3.72. The van der Waals surface area contributed by atoms with E-state index in [2.05, 4.69) is 21.2 Å². The second-order valence-electron chi connectivity index (χ2n) is 8.59. The van der Waals surface area contributed by atoms with Gasteiger partial charge in [0.15, 0.2) is 6.61 Å². The summed E-state index contributed by atoms with van der Waals surface area (Å²) in [6.07, 6.45) is 0.502. The second-order valence-corrected chi connectivity index (χ2v) is 9.39. The standard InChI is InChI=1S/C26H35BrN2O4/c1-7-23(26(31)28-14-17(2)3)29(15-20-8-10-21(32-6)11-9-20)24(30)16-33-22-12-18(4)25(27)19(5)13-22/h8-13,17,23H,7,14-16H2,1-6H3,(H,28,31)/t23-/m0/s1. The molecule has 0 unspecified atom stereocenters. The molecule has 0 saturated carbocycles. The number of carbonyl (C=O) groups excluding carboxylic acids is 2. The lowest BCUT2D eigenvalue weighted by Gasteiger charge is -2.31. The zero-order valence-electron chi connectivity index (χ0n) is 20.4. The van der Waals surface area contributed by atoms with Gasteiger partial charge >= 0.3 is 0 Å². The molecular formula is C26H35BrN2O4. The van der Waals surface area contributed by atoms with E-state index in [4.69, 9.17) is 9.47 Å². The van der Waals surface area contributed by atoms with Crippen LogP contribution in [0, 0.1) is 19.8 Å². The lowest BCUT2D eigenvalue weighted by Crippen LogP contribution is -2.50. The number of nitrogens with one attached hydrogen (secondary N) is 1. The van der Waals surface area contributed by atoms with Crippen molar-refractivity contribution < 1.29 is 19.1 Å². The lowest BCUT2D eigenvalue weighted by molar-refractivity contribution is -0.143. The number of hydrogen-bond donors (Lipinski definition) is 1. The van der Waals surface area contributed by atoms with E-state index < -0.39 is 6.04 Å². The Hall–Kier alpha value is -2.54. The Balaban J connectivity index is 2.23. The number of carbonyl (C=O) groups is 2. The molecule has 0 aliphatic heterocycles. The van der Waals surface area contributed by atoms with E-state index in [9.17, 15) is 9.59 Å². The van der Waals surface area contributed by atoms with Crippen LogP contribution < -0.4 is 14.8 Å². The molecule has 0 aliphatic rings. The fraction of sp³-hybridized carbons (Fsp3) is 0.462. The number of halogens is 1. The average Bonchev–Trinajstić information content (AvgIpc) is 2.79. The molecule has 0 aromatic heterocycles. The number of methoxy groups -OCH3 is 1. The van der Waals surface area contributed by atoms with Crippen LogP contribution in [0.2, 0.25) is 0 Å². The highest BCUT2D eigenvalue weighted by Crippen LogP contribution is 2.26. The van der Waals surface area contributed by atoms with E-state index >= 15 is 0 Å². The zero-order chi connectivity index (χ0) is 24.5. The predicted octanol–water partition coefficient (Wildman–Crippen LogP) is 5.03. The monoisotopic (exact) mass is 518 g/mol. The summed E-state index contributed by atoms with van der Waals surface area (Å²) in [5.41, 5.74) is 2.98. The summed E-state index contributed by atoms with van der Waals surface area (Å²) in [6, 6.07) is 10.7. The highest BCUT2D eigenvalue weighted by Gasteiger charge is 2.29. The van der Waals surface area contributed by atoms with Crippen LogP contribution in [0.1, 0.15) is 43.9 Å². The first-order chi connectivity index (χ1) is 15.7. The van der Waals surface area contributed by atoms with Gasteiger partial charge in [0.05, 0.1) is 7.11 Å². The van der Waals surface area contributed by atoms with E-state index in [1.54, 1.807) is 12.0 Å². The third-order valence-electron chi connectivity index (χ3n) is 5.35. The summed E-state index contributed by atoms with van der Waals surface area (Å²) in [7, 11) is 1.61. The van der Waals surface area contributed by atoms with Gasteiger partial charge in [0.2, 0.25) is 5.91 Å². The van der Waals surface area contributed by atoms with Crippen molar-refractivity contribution in [1.82, 2.24) is 10.2 Å². The Morgan fingerprint density at radius 2 is 1.67 bits per heavy atom. The van der Waals surface area contributed by atoms with Crippen LogP contribution in [-0.4, -0.2) is 43.0 Å². The van der Waals surface area contributed by atoms with Crippen LogP contribution in [0.15, 0.2) is 40.9 Å². The number of hydrogen-bond acceptors (Lipinski definition) is 4. The van der Waals surface area contributed by atoms with E-state index in [-0.39, 0.29) is 18.4 Å². The van der Waals surface area contributed by atoms with E-state index in [0.717, 1.165) is 26.9 Å². The quantitative estimate of drug-likeness (QED) is 0.452. The number of aryl methyl sites for hydroxylation is 2. The van der Waals surface area contributed by atoms with Gasteiger partial charge in [0.25, 0.3) is 5.91 Å². The summed E-state index contributed by atoms with van der Waals surface area (Å²) >= 11 is 3.55. The second kappa shape index (κ2) is 12.6. The van der Waals surface area contributed by atoms with Gasteiger partial charge < -0.3 is 19.7 Å². The van der Waals surface area contributed by atoms with Gasteiger partial charge in [0, 0.05) is 17.6 Å². The molecule has 0 fully saturated rings. The SMILES string of the molecule is CC[C@@H](C(=O)NCC(C)C)N(Cc1ccc(OC)cc1)C(=O)COc1cc(C)c(Br)c(C)c1. The van der Waals surface area contributed by atoms with Crippen molar-refractivity contribution in [2.24, 2.45) is 5.92 Å². The van der Waals surface area contributed by atoms with Gasteiger partial charge in [-0.1, -0.05) is 48.8 Å². The number of benzene rings is 2. The zero-order valence-corrected chi connectivity index (χ0v) is 22.0. The summed E-state index contributed by atoms with van der Waals surface area (Å²) < 4.78 is 12.1. The maximum absolute atomic E-state index is 13.3. The van der Waals surface area contributed by atoms with Crippen LogP contribution in [0.25, 0.3) is 0 Å². The molecule has 2 aromatic rings. The normalized spacial score (nSPS) is 11.8. The first-order valence-corrected chi connectivity index (χ1v) is 12.0. The molecule has 0 aliphatic carbocycles. The number of nitrogens with zero attached hydrogens (tertiary/aromatic N) is 1. The van der Waals surface area contributed by atoms with Crippen molar-refractivity contribution in [1.29, 1.82) is 0 Å². The Labute approximate surface area is 205 Å². The maximum Gasteiger partial charge on any atom is 0.261 e. The molecule has 0 heterocycles. The first kappa shape index (κ1) is 26.7. The first-order valence-electron chi connectivity index (χ1n) is 11.3. The molecule has 0 saturated heterocycles. The van der Waals surface area contributed by atoms with Gasteiger partial charge in [-0.05, 0) is 67.1 Å². The fourth-order valence-electron chi connectivity index (χ4n) is 3.49. The summed E-state index contributed by atoms with van der Waals surface area (Å²) in [5.74, 6) is 1.30. The van der Waals surface area contributed by atoms with Crippen LogP contribution in [0.5, 0.6) is 11.5 Å². The molecule has 7 heteroatoms. The molecule has 0 radical (unpaired) electrons. The van der Waals surface area contributed by atoms with Crippen molar-refractivity contribution in [3.63, 3.8) is 0 Å². The number of rotatable bonds is 11. The summed E-state index contributed by atoms with van der Waals surface area (Å²) in [4.78, 5) is 27.9. The van der Waals surface area contributed by atoms with E-state index in [1.807, 2.05) is 71.0 Å². The number of amides is 2. The van der Waals surface area contributed by atoms with Gasteiger partial charge in [-0.15, -0.1) is 0 Å². The third-order valence-corrected chi connectivity index (χ3v) is 6.61. The van der Waals surface area contributed by atoms with Crippen molar-refractivity contribution in [3.8, 4) is 11.5 Å². The molecule has 0 bridgehead atoms. The molecule has 180 valence electrons. The minimum Gasteiger partial charge on any atom is -0.497 e.